The van der Waals surface area contributed by atoms with E-state index < -0.39 is 0 Å². The first-order chi connectivity index (χ1) is 5.92. The molecule has 0 amide bonds. The van der Waals surface area contributed by atoms with Crippen LogP contribution in [0.1, 0.15) is 12.8 Å². The Balaban J connectivity index is 1.45. The van der Waals surface area contributed by atoms with Crippen molar-refractivity contribution in [3.8, 4) is 0 Å². The molecular weight excluding hydrogens is 174 g/mol. The van der Waals surface area contributed by atoms with Crippen LogP contribution >= 0.6 is 11.8 Å². The van der Waals surface area contributed by atoms with Crippen molar-refractivity contribution in [1.82, 2.24) is 5.32 Å². The van der Waals surface area contributed by atoms with Crippen LogP contribution in [0.5, 0.6) is 0 Å². The third-order valence-electron chi connectivity index (χ3n) is 2.42. The summed E-state index contributed by atoms with van der Waals surface area (Å²) in [4.78, 5) is 0. The average Bonchev–Trinajstić information content (AvgIpc) is 2.96. The van der Waals surface area contributed by atoms with Gasteiger partial charge in [0.05, 0.1) is 6.10 Å². The van der Waals surface area contributed by atoms with Crippen molar-refractivity contribution in [2.24, 2.45) is 0 Å². The monoisotopic (exact) mass is 185 g/mol. The molecule has 3 aliphatic rings. The van der Waals surface area contributed by atoms with Gasteiger partial charge in [0.1, 0.15) is 12.8 Å². The molecule has 3 aliphatic heterocycles. The summed E-state index contributed by atoms with van der Waals surface area (Å²) in [6.45, 7) is 0.797. The molecule has 1 N–H and O–H groups in total. The fourth-order valence-corrected chi connectivity index (χ4v) is 1.85. The quantitative estimate of drug-likeness (QED) is 0.666. The van der Waals surface area contributed by atoms with Gasteiger partial charge in [-0.3, -0.25) is 5.32 Å². The molecule has 4 heteroatoms. The van der Waals surface area contributed by atoms with E-state index in [1.165, 1.54) is 12.8 Å². The summed E-state index contributed by atoms with van der Waals surface area (Å²) in [6.07, 6.45) is 3.22. The van der Waals surface area contributed by atoms with Crippen molar-refractivity contribution >= 4 is 11.8 Å². The van der Waals surface area contributed by atoms with Crippen LogP contribution in [-0.2, 0) is 9.47 Å². The van der Waals surface area contributed by atoms with Crippen LogP contribution in [0.25, 0.3) is 0 Å². The lowest BCUT2D eigenvalue weighted by Gasteiger charge is -2.19. The minimum atomic E-state index is 0.341. The van der Waals surface area contributed by atoms with Gasteiger partial charge in [0.15, 0.2) is 5.09 Å². The molecule has 0 spiro atoms. The third kappa shape index (κ3) is 1.46. The Bertz CT molecular complexity index is 231. The highest BCUT2D eigenvalue weighted by Crippen LogP contribution is 2.35. The van der Waals surface area contributed by atoms with Gasteiger partial charge in [0.25, 0.3) is 0 Å². The predicted molar refractivity (Wildman–Crippen MR) is 46.4 cm³/mol. The number of epoxide rings is 1. The van der Waals surface area contributed by atoms with Gasteiger partial charge in [-0.2, -0.15) is 0 Å². The maximum absolute atomic E-state index is 5.47. The summed E-state index contributed by atoms with van der Waals surface area (Å²) in [5.74, 6) is 0. The van der Waals surface area contributed by atoms with Crippen molar-refractivity contribution in [2.45, 2.75) is 31.2 Å². The largest absolute Gasteiger partial charge is 0.485 e. The van der Waals surface area contributed by atoms with Gasteiger partial charge in [-0.05, 0) is 12.8 Å². The molecule has 12 heavy (non-hydrogen) atoms. The highest BCUT2D eigenvalue weighted by molar-refractivity contribution is 8.11. The molecular formula is C8H11NO2S. The molecule has 3 rings (SSSR count). The van der Waals surface area contributed by atoms with E-state index in [2.05, 4.69) is 5.32 Å². The summed E-state index contributed by atoms with van der Waals surface area (Å²) in [5.41, 5.74) is 0. The molecule has 0 aromatic carbocycles. The lowest BCUT2D eigenvalue weighted by atomic mass is 10.1. The fraction of sp³-hybridized carbons (Fsp3) is 0.750. The second-order valence-corrected chi connectivity index (χ2v) is 4.28. The van der Waals surface area contributed by atoms with Gasteiger partial charge < -0.3 is 9.47 Å². The van der Waals surface area contributed by atoms with Gasteiger partial charge in [0, 0.05) is 11.4 Å². The lowest BCUT2D eigenvalue weighted by Crippen LogP contribution is -2.39. The van der Waals surface area contributed by atoms with E-state index in [-0.39, 0.29) is 0 Å². The Morgan fingerprint density at radius 3 is 3.33 bits per heavy atom. The molecule has 2 fully saturated rings. The van der Waals surface area contributed by atoms with Crippen molar-refractivity contribution in [3.63, 3.8) is 0 Å². The van der Waals surface area contributed by atoms with Crippen LogP contribution in [-0.4, -0.2) is 25.0 Å². The van der Waals surface area contributed by atoms with E-state index in [9.17, 15) is 0 Å². The molecule has 0 bridgehead atoms. The fourth-order valence-electron chi connectivity index (χ4n) is 1.60. The van der Waals surface area contributed by atoms with Crippen LogP contribution in [0.2, 0.25) is 0 Å². The summed E-state index contributed by atoms with van der Waals surface area (Å²) in [5, 5.41) is 6.50. The Hall–Kier alpha value is -0.190. The third-order valence-corrected chi connectivity index (χ3v) is 2.97. The SMILES string of the molecule is C1=C(OCC2CCC3OC3N2)S1. The molecule has 3 heterocycles. The Morgan fingerprint density at radius 2 is 2.58 bits per heavy atom. The number of thioether (sulfide) groups is 1. The van der Waals surface area contributed by atoms with Crippen LogP contribution < -0.4 is 5.32 Å². The molecule has 0 aromatic heterocycles. The molecule has 3 atom stereocenters. The van der Waals surface area contributed by atoms with Gasteiger partial charge in [0.2, 0.25) is 0 Å². The number of rotatable bonds is 3. The summed E-state index contributed by atoms with van der Waals surface area (Å²) < 4.78 is 10.8. The zero-order valence-corrected chi connectivity index (χ0v) is 7.47. The topological polar surface area (TPSA) is 33.8 Å². The second kappa shape index (κ2) is 2.65. The minimum absolute atomic E-state index is 0.341. The molecule has 0 aromatic rings. The number of ether oxygens (including phenoxy) is 2. The smallest absolute Gasteiger partial charge is 0.164 e. The first-order valence-electron chi connectivity index (χ1n) is 4.33. The van der Waals surface area contributed by atoms with Gasteiger partial charge in [-0.15, -0.1) is 0 Å². The number of piperidine rings is 1. The van der Waals surface area contributed by atoms with Crippen molar-refractivity contribution in [2.75, 3.05) is 6.61 Å². The number of hydrogen-bond acceptors (Lipinski definition) is 4. The first-order valence-corrected chi connectivity index (χ1v) is 5.21. The number of fused-ring (bicyclic) bond motifs is 1. The second-order valence-electron chi connectivity index (χ2n) is 3.40. The van der Waals surface area contributed by atoms with E-state index in [4.69, 9.17) is 9.47 Å². The van der Waals surface area contributed by atoms with E-state index >= 15 is 0 Å². The van der Waals surface area contributed by atoms with E-state index in [1.54, 1.807) is 11.8 Å². The maximum Gasteiger partial charge on any atom is 0.164 e. The molecule has 0 aliphatic carbocycles. The van der Waals surface area contributed by atoms with Crippen LogP contribution in [0.3, 0.4) is 0 Å². The Morgan fingerprint density at radius 1 is 1.67 bits per heavy atom. The lowest BCUT2D eigenvalue weighted by molar-refractivity contribution is 0.187. The van der Waals surface area contributed by atoms with Gasteiger partial charge >= 0.3 is 0 Å². The summed E-state index contributed by atoms with van der Waals surface area (Å²) in [7, 11) is 0. The average molecular weight is 185 g/mol. The molecule has 66 valence electrons. The summed E-state index contributed by atoms with van der Waals surface area (Å²) in [6, 6.07) is 0.496. The van der Waals surface area contributed by atoms with Crippen LogP contribution in [0.4, 0.5) is 0 Å². The Kier molecular flexibility index (Phi) is 1.60. The number of nitrogens with one attached hydrogen (secondary N) is 1. The summed E-state index contributed by atoms with van der Waals surface area (Å²) >= 11 is 1.68. The molecule has 0 saturated carbocycles. The minimum Gasteiger partial charge on any atom is -0.485 e. The van der Waals surface area contributed by atoms with Crippen LogP contribution in [0.15, 0.2) is 10.5 Å². The number of hydrogen-bond donors (Lipinski definition) is 1. The maximum atomic E-state index is 5.47. The van der Waals surface area contributed by atoms with Crippen molar-refractivity contribution in [3.05, 3.63) is 10.5 Å². The van der Waals surface area contributed by atoms with Crippen molar-refractivity contribution in [1.29, 1.82) is 0 Å². The zero-order chi connectivity index (χ0) is 7.97. The molecule has 3 unspecified atom stereocenters. The molecule has 2 saturated heterocycles. The van der Waals surface area contributed by atoms with Gasteiger partial charge in [-0.25, -0.2) is 0 Å². The standard InChI is InChI=1S/C8H11NO2S/c1-2-6-8(11-6)9-5(1)3-10-7-4-12-7/h4-6,8-9H,1-3H2. The van der Waals surface area contributed by atoms with Crippen molar-refractivity contribution < 1.29 is 9.47 Å². The Labute approximate surface area is 75.5 Å². The first kappa shape index (κ1) is 7.24. The van der Waals surface area contributed by atoms with E-state index in [0.29, 0.717) is 18.4 Å². The highest BCUT2D eigenvalue weighted by atomic mass is 32.2. The van der Waals surface area contributed by atoms with E-state index in [1.807, 2.05) is 5.41 Å². The van der Waals surface area contributed by atoms with Crippen LogP contribution in [0, 0.1) is 0 Å². The normalized spacial score (nSPS) is 43.0. The zero-order valence-electron chi connectivity index (χ0n) is 6.66. The van der Waals surface area contributed by atoms with E-state index in [0.717, 1.165) is 11.7 Å². The molecule has 0 radical (unpaired) electrons. The predicted octanol–water partition coefficient (Wildman–Crippen LogP) is 1.03. The molecule has 3 nitrogen and oxygen atoms in total. The highest BCUT2D eigenvalue weighted by Gasteiger charge is 2.43. The van der Waals surface area contributed by atoms with Gasteiger partial charge in [-0.1, -0.05) is 11.8 Å².